The van der Waals surface area contributed by atoms with E-state index in [0.717, 1.165) is 0 Å². The summed E-state index contributed by atoms with van der Waals surface area (Å²) < 4.78 is 0. The molecule has 0 aliphatic rings. The van der Waals surface area contributed by atoms with Gasteiger partial charge in [0.1, 0.15) is 0 Å². The summed E-state index contributed by atoms with van der Waals surface area (Å²) >= 11 is 0. The molecule has 1 aromatic rings. The fraction of sp³-hybridized carbons (Fsp3) is 0.222. The van der Waals surface area contributed by atoms with Crippen LogP contribution in [0, 0.1) is 6.92 Å². The summed E-state index contributed by atoms with van der Waals surface area (Å²) in [5.41, 5.74) is 2.47. The van der Waals surface area contributed by atoms with Gasteiger partial charge in [-0.2, -0.15) is 0 Å². The minimum atomic E-state index is 1.20. The van der Waals surface area contributed by atoms with Gasteiger partial charge in [-0.05, 0) is 18.1 Å². The van der Waals surface area contributed by atoms with Crippen molar-refractivity contribution in [3.05, 3.63) is 35.4 Å². The minimum absolute atomic E-state index is 1.20. The molecule has 0 aliphatic carbocycles. The highest BCUT2D eigenvalue weighted by Gasteiger charge is 1.88. The summed E-state index contributed by atoms with van der Waals surface area (Å²) in [6.45, 7) is 2.08. The van der Waals surface area contributed by atoms with Crippen LogP contribution in [0.2, 0.25) is 0 Å². The van der Waals surface area contributed by atoms with Gasteiger partial charge in [0.2, 0.25) is 0 Å². The van der Waals surface area contributed by atoms with Crippen molar-refractivity contribution in [2.75, 3.05) is 7.05 Å². The van der Waals surface area contributed by atoms with Gasteiger partial charge in [0.05, 0.1) is 0 Å². The van der Waals surface area contributed by atoms with Crippen molar-refractivity contribution in [1.82, 2.24) is 0 Å². The predicted octanol–water partition coefficient (Wildman–Crippen LogP) is 2.04. The molecule has 0 unspecified atom stereocenters. The van der Waals surface area contributed by atoms with E-state index in [0.29, 0.717) is 0 Å². The molecule has 0 fully saturated rings. The van der Waals surface area contributed by atoms with Crippen LogP contribution in [0.4, 0.5) is 0 Å². The second kappa shape index (κ2) is 3.16. The van der Waals surface area contributed by atoms with Gasteiger partial charge >= 0.3 is 0 Å². The lowest BCUT2D eigenvalue weighted by atomic mass is 10.1. The standard InChI is InChI=1S/C9H11N/c1-8-5-3-4-6-9(8)7-10-2/h3-7H,1-2H3/b10-7-. The predicted molar refractivity (Wildman–Crippen MR) is 44.7 cm³/mol. The van der Waals surface area contributed by atoms with E-state index in [4.69, 9.17) is 0 Å². The molecule has 0 heterocycles. The number of rotatable bonds is 1. The van der Waals surface area contributed by atoms with Crippen molar-refractivity contribution in [3.8, 4) is 0 Å². The van der Waals surface area contributed by atoms with Crippen molar-refractivity contribution in [1.29, 1.82) is 0 Å². The Labute approximate surface area is 61.4 Å². The lowest BCUT2D eigenvalue weighted by Gasteiger charge is -1.95. The average Bonchev–Trinajstić information content (AvgIpc) is 1.94. The van der Waals surface area contributed by atoms with Crippen LogP contribution in [0.1, 0.15) is 11.1 Å². The Kier molecular flexibility index (Phi) is 2.21. The first-order valence-corrected chi connectivity index (χ1v) is 3.32. The Balaban J connectivity index is 3.03. The third kappa shape index (κ3) is 1.44. The lowest BCUT2D eigenvalue weighted by molar-refractivity contribution is 1.41. The zero-order chi connectivity index (χ0) is 7.40. The monoisotopic (exact) mass is 133 g/mol. The number of nitrogens with zero attached hydrogens (tertiary/aromatic N) is 1. The molecule has 0 radical (unpaired) electrons. The molecule has 0 saturated carbocycles. The van der Waals surface area contributed by atoms with E-state index >= 15 is 0 Å². The van der Waals surface area contributed by atoms with Gasteiger partial charge in [-0.3, -0.25) is 4.99 Å². The highest BCUT2D eigenvalue weighted by molar-refractivity contribution is 5.81. The number of aryl methyl sites for hydroxylation is 1. The number of hydrogen-bond donors (Lipinski definition) is 0. The molecule has 0 atom stereocenters. The van der Waals surface area contributed by atoms with Crippen LogP contribution in [0.25, 0.3) is 0 Å². The van der Waals surface area contributed by atoms with Crippen LogP contribution >= 0.6 is 0 Å². The minimum Gasteiger partial charge on any atom is -0.296 e. The number of aliphatic imine (C=N–C) groups is 1. The second-order valence-electron chi connectivity index (χ2n) is 2.24. The third-order valence-corrected chi connectivity index (χ3v) is 1.46. The van der Waals surface area contributed by atoms with Gasteiger partial charge in [0, 0.05) is 13.3 Å². The normalized spacial score (nSPS) is 10.6. The number of hydrogen-bond acceptors (Lipinski definition) is 1. The van der Waals surface area contributed by atoms with E-state index in [9.17, 15) is 0 Å². The Morgan fingerprint density at radius 2 is 2.00 bits per heavy atom. The van der Waals surface area contributed by atoms with Gasteiger partial charge < -0.3 is 0 Å². The molecule has 1 aromatic carbocycles. The van der Waals surface area contributed by atoms with E-state index in [1.54, 1.807) is 7.05 Å². The maximum absolute atomic E-state index is 3.94. The quantitative estimate of drug-likeness (QED) is 0.520. The van der Waals surface area contributed by atoms with Crippen molar-refractivity contribution in [3.63, 3.8) is 0 Å². The largest absolute Gasteiger partial charge is 0.296 e. The second-order valence-corrected chi connectivity index (χ2v) is 2.24. The first kappa shape index (κ1) is 7.00. The molecule has 1 heteroatoms. The Morgan fingerprint density at radius 1 is 1.30 bits per heavy atom. The molecule has 0 aromatic heterocycles. The van der Waals surface area contributed by atoms with E-state index in [1.165, 1.54) is 11.1 Å². The maximum atomic E-state index is 3.94. The molecule has 10 heavy (non-hydrogen) atoms. The zero-order valence-electron chi connectivity index (χ0n) is 6.33. The van der Waals surface area contributed by atoms with E-state index in [-0.39, 0.29) is 0 Å². The van der Waals surface area contributed by atoms with Gasteiger partial charge in [0.15, 0.2) is 0 Å². The van der Waals surface area contributed by atoms with E-state index in [1.807, 2.05) is 18.3 Å². The molecule has 52 valence electrons. The smallest absolute Gasteiger partial charge is 0.0284 e. The molecule has 0 bridgehead atoms. The molecular formula is C9H11N. The summed E-state index contributed by atoms with van der Waals surface area (Å²) in [4.78, 5) is 3.94. The van der Waals surface area contributed by atoms with E-state index < -0.39 is 0 Å². The molecule has 1 rings (SSSR count). The summed E-state index contributed by atoms with van der Waals surface area (Å²) in [6.07, 6.45) is 1.87. The molecule has 0 spiro atoms. The van der Waals surface area contributed by atoms with Gasteiger partial charge in [0.25, 0.3) is 0 Å². The van der Waals surface area contributed by atoms with E-state index in [2.05, 4.69) is 24.0 Å². The summed E-state index contributed by atoms with van der Waals surface area (Å²) in [6, 6.07) is 8.19. The molecule has 1 nitrogen and oxygen atoms in total. The fourth-order valence-corrected chi connectivity index (χ4v) is 0.871. The van der Waals surface area contributed by atoms with Crippen LogP contribution in [-0.4, -0.2) is 13.3 Å². The summed E-state index contributed by atoms with van der Waals surface area (Å²) in [5.74, 6) is 0. The SMILES string of the molecule is C/N=C\c1ccccc1C. The average molecular weight is 133 g/mol. The highest BCUT2D eigenvalue weighted by atomic mass is 14.6. The molecule has 0 aliphatic heterocycles. The Morgan fingerprint density at radius 3 is 2.60 bits per heavy atom. The Hall–Kier alpha value is -1.11. The topological polar surface area (TPSA) is 12.4 Å². The fourth-order valence-electron chi connectivity index (χ4n) is 0.871. The molecular weight excluding hydrogens is 122 g/mol. The summed E-state index contributed by atoms with van der Waals surface area (Å²) in [7, 11) is 1.78. The van der Waals surface area contributed by atoms with Gasteiger partial charge in [-0.25, -0.2) is 0 Å². The molecule has 0 saturated heterocycles. The van der Waals surface area contributed by atoms with Crippen molar-refractivity contribution in [2.45, 2.75) is 6.92 Å². The van der Waals surface area contributed by atoms with Crippen LogP contribution in [-0.2, 0) is 0 Å². The van der Waals surface area contributed by atoms with Gasteiger partial charge in [-0.1, -0.05) is 24.3 Å². The van der Waals surface area contributed by atoms with Crippen molar-refractivity contribution < 1.29 is 0 Å². The molecule has 0 amide bonds. The van der Waals surface area contributed by atoms with Crippen LogP contribution < -0.4 is 0 Å². The van der Waals surface area contributed by atoms with Crippen LogP contribution in [0.15, 0.2) is 29.3 Å². The first-order valence-electron chi connectivity index (χ1n) is 3.32. The lowest BCUT2D eigenvalue weighted by Crippen LogP contribution is -1.84. The number of benzene rings is 1. The van der Waals surface area contributed by atoms with Gasteiger partial charge in [-0.15, -0.1) is 0 Å². The Bertz CT molecular complexity index is 238. The highest BCUT2D eigenvalue weighted by Crippen LogP contribution is 2.02. The maximum Gasteiger partial charge on any atom is 0.0284 e. The molecule has 0 N–H and O–H groups in total. The van der Waals surface area contributed by atoms with Crippen molar-refractivity contribution in [2.24, 2.45) is 4.99 Å². The van der Waals surface area contributed by atoms with Crippen molar-refractivity contribution >= 4 is 6.21 Å². The summed E-state index contributed by atoms with van der Waals surface area (Å²) in [5, 5.41) is 0. The van der Waals surface area contributed by atoms with Crippen LogP contribution in [0.3, 0.4) is 0 Å². The zero-order valence-corrected chi connectivity index (χ0v) is 6.33. The third-order valence-electron chi connectivity index (χ3n) is 1.46. The van der Waals surface area contributed by atoms with Crippen LogP contribution in [0.5, 0.6) is 0 Å². The first-order chi connectivity index (χ1) is 4.84.